The van der Waals surface area contributed by atoms with Crippen LogP contribution in [0.3, 0.4) is 0 Å². The molecule has 0 saturated heterocycles. The van der Waals surface area contributed by atoms with Crippen molar-refractivity contribution in [2.24, 2.45) is 5.73 Å². The van der Waals surface area contributed by atoms with E-state index in [1.54, 1.807) is 42.3 Å². The second kappa shape index (κ2) is 12.4. The lowest BCUT2D eigenvalue weighted by Gasteiger charge is -2.38. The van der Waals surface area contributed by atoms with Gasteiger partial charge in [-0.1, -0.05) is 36.6 Å². The van der Waals surface area contributed by atoms with E-state index in [-0.39, 0.29) is 36.5 Å². The van der Waals surface area contributed by atoms with Gasteiger partial charge in [0.2, 0.25) is 5.91 Å². The molecule has 2 unspecified atom stereocenters. The molecule has 2 atom stereocenters. The smallest absolute Gasteiger partial charge is 0.254 e. The van der Waals surface area contributed by atoms with E-state index in [0.717, 1.165) is 43.0 Å². The first-order valence-corrected chi connectivity index (χ1v) is 12.8. The number of ether oxygens (including phenoxy) is 1. The molecule has 1 fully saturated rings. The number of benzene rings is 3. The summed E-state index contributed by atoms with van der Waals surface area (Å²) in [5.41, 5.74) is 8.21. The van der Waals surface area contributed by atoms with Gasteiger partial charge in [-0.2, -0.15) is 0 Å². The molecule has 0 bridgehead atoms. The lowest BCUT2D eigenvalue weighted by molar-refractivity contribution is -0.115. The molecule has 4 rings (SSSR count). The van der Waals surface area contributed by atoms with Crippen molar-refractivity contribution >= 4 is 29.1 Å². The molecule has 0 spiro atoms. The van der Waals surface area contributed by atoms with Gasteiger partial charge in [0.15, 0.2) is 0 Å². The first-order valence-electron chi connectivity index (χ1n) is 12.5. The highest BCUT2D eigenvalue weighted by molar-refractivity contribution is 6.31. The van der Waals surface area contributed by atoms with Crippen LogP contribution in [0.5, 0.6) is 5.75 Å². The van der Waals surface area contributed by atoms with Gasteiger partial charge in [-0.05, 0) is 66.4 Å². The molecule has 0 heterocycles. The second-order valence-corrected chi connectivity index (χ2v) is 9.89. The number of rotatable bonds is 8. The molecule has 1 saturated carbocycles. The van der Waals surface area contributed by atoms with Gasteiger partial charge < -0.3 is 20.7 Å². The molecule has 1 aliphatic rings. The molecule has 1 aliphatic carbocycles. The molecule has 0 aliphatic heterocycles. The SMILES string of the molecule is COc1ccc(CC(=O)Nc2ccc(Cl)c(CN(C(=O)c3cc(F)cc(F)c3)C3CCCCC3N)c2)cc1. The Morgan fingerprint density at radius 2 is 1.71 bits per heavy atom. The van der Waals surface area contributed by atoms with Gasteiger partial charge in [0.1, 0.15) is 17.4 Å². The zero-order chi connectivity index (χ0) is 27.2. The molecule has 6 nitrogen and oxygen atoms in total. The monoisotopic (exact) mass is 541 g/mol. The molecule has 3 N–H and O–H groups in total. The molecule has 0 radical (unpaired) electrons. The standard InChI is InChI=1S/C29H30ClF2N3O3/c1-38-24-9-6-18(7-10-24)12-28(36)34-23-8-11-25(30)20(15-23)17-35(27-5-3-2-4-26(27)33)29(37)19-13-21(31)16-22(32)14-19/h6-11,13-16,26-27H,2-5,12,17,33H2,1H3,(H,34,36). The van der Waals surface area contributed by atoms with E-state index in [4.69, 9.17) is 22.1 Å². The average molecular weight is 542 g/mol. The first kappa shape index (κ1) is 27.5. The predicted octanol–water partition coefficient (Wildman–Crippen LogP) is 5.72. The minimum Gasteiger partial charge on any atom is -0.497 e. The largest absolute Gasteiger partial charge is 0.497 e. The van der Waals surface area contributed by atoms with E-state index >= 15 is 0 Å². The van der Waals surface area contributed by atoms with Gasteiger partial charge in [-0.25, -0.2) is 8.78 Å². The first-order chi connectivity index (χ1) is 18.2. The fourth-order valence-corrected chi connectivity index (χ4v) is 4.98. The van der Waals surface area contributed by atoms with E-state index in [9.17, 15) is 18.4 Å². The Labute approximate surface area is 225 Å². The number of hydrogen-bond acceptors (Lipinski definition) is 4. The van der Waals surface area contributed by atoms with E-state index in [1.807, 2.05) is 12.1 Å². The summed E-state index contributed by atoms with van der Waals surface area (Å²) in [6.45, 7) is 0.0658. The molecular formula is C29H30ClF2N3O3. The van der Waals surface area contributed by atoms with Crippen LogP contribution >= 0.6 is 11.6 Å². The van der Waals surface area contributed by atoms with Crippen LogP contribution in [-0.2, 0) is 17.8 Å². The number of anilines is 1. The number of nitrogens with zero attached hydrogens (tertiary/aromatic N) is 1. The van der Waals surface area contributed by atoms with Crippen molar-refractivity contribution in [1.29, 1.82) is 0 Å². The average Bonchev–Trinajstić information content (AvgIpc) is 2.89. The highest BCUT2D eigenvalue weighted by Crippen LogP contribution is 2.29. The van der Waals surface area contributed by atoms with Crippen LogP contribution in [0.4, 0.5) is 14.5 Å². The maximum atomic E-state index is 13.9. The maximum absolute atomic E-state index is 13.9. The summed E-state index contributed by atoms with van der Waals surface area (Å²) in [6.07, 6.45) is 3.40. The van der Waals surface area contributed by atoms with Gasteiger partial charge in [0, 0.05) is 41.0 Å². The number of halogens is 3. The van der Waals surface area contributed by atoms with E-state index in [2.05, 4.69) is 5.32 Å². The molecule has 3 aromatic carbocycles. The van der Waals surface area contributed by atoms with Crippen molar-refractivity contribution in [2.45, 2.75) is 50.7 Å². The van der Waals surface area contributed by atoms with Crippen LogP contribution < -0.4 is 15.8 Å². The number of methoxy groups -OCH3 is 1. The summed E-state index contributed by atoms with van der Waals surface area (Å²) >= 11 is 6.50. The zero-order valence-corrected chi connectivity index (χ0v) is 21.8. The Morgan fingerprint density at radius 3 is 2.37 bits per heavy atom. The maximum Gasteiger partial charge on any atom is 0.254 e. The molecule has 200 valence electrons. The molecule has 2 amide bonds. The molecule has 3 aromatic rings. The Balaban J connectivity index is 1.56. The summed E-state index contributed by atoms with van der Waals surface area (Å²) < 4.78 is 33.0. The van der Waals surface area contributed by atoms with Crippen molar-refractivity contribution < 1.29 is 23.1 Å². The Hall–Kier alpha value is -3.49. The van der Waals surface area contributed by atoms with Crippen LogP contribution in [0, 0.1) is 11.6 Å². The number of carbonyl (C=O) groups is 2. The van der Waals surface area contributed by atoms with E-state index in [0.29, 0.717) is 28.4 Å². The third kappa shape index (κ3) is 6.88. The number of nitrogens with two attached hydrogens (primary N) is 1. The third-order valence-electron chi connectivity index (χ3n) is 6.75. The summed E-state index contributed by atoms with van der Waals surface area (Å²) in [4.78, 5) is 27.8. The Bertz CT molecular complexity index is 1280. The number of nitrogens with one attached hydrogen (secondary N) is 1. The fourth-order valence-electron chi connectivity index (χ4n) is 4.80. The van der Waals surface area contributed by atoms with Crippen LogP contribution in [-0.4, -0.2) is 35.9 Å². The lowest BCUT2D eigenvalue weighted by Crippen LogP contribution is -2.51. The predicted molar refractivity (Wildman–Crippen MR) is 143 cm³/mol. The molecule has 0 aromatic heterocycles. The summed E-state index contributed by atoms with van der Waals surface area (Å²) in [5, 5.41) is 3.26. The van der Waals surface area contributed by atoms with Crippen molar-refractivity contribution in [3.05, 3.63) is 94.0 Å². The number of hydrogen-bond donors (Lipinski definition) is 2. The Morgan fingerprint density at radius 1 is 1.03 bits per heavy atom. The number of amides is 2. The van der Waals surface area contributed by atoms with Crippen LogP contribution in [0.15, 0.2) is 60.7 Å². The van der Waals surface area contributed by atoms with Gasteiger partial charge >= 0.3 is 0 Å². The van der Waals surface area contributed by atoms with Gasteiger partial charge in [0.05, 0.1) is 13.5 Å². The Kier molecular flexibility index (Phi) is 8.97. The quantitative estimate of drug-likeness (QED) is 0.382. The highest BCUT2D eigenvalue weighted by atomic mass is 35.5. The minimum atomic E-state index is -0.833. The number of carbonyl (C=O) groups excluding carboxylic acids is 2. The molecular weight excluding hydrogens is 512 g/mol. The van der Waals surface area contributed by atoms with Crippen LogP contribution in [0.1, 0.15) is 47.2 Å². The highest BCUT2D eigenvalue weighted by Gasteiger charge is 2.32. The zero-order valence-electron chi connectivity index (χ0n) is 21.1. The van der Waals surface area contributed by atoms with Gasteiger partial charge in [-0.3, -0.25) is 9.59 Å². The third-order valence-corrected chi connectivity index (χ3v) is 7.11. The van der Waals surface area contributed by atoms with Gasteiger partial charge in [0.25, 0.3) is 5.91 Å². The second-order valence-electron chi connectivity index (χ2n) is 9.49. The normalized spacial score (nSPS) is 17.1. The van der Waals surface area contributed by atoms with Crippen molar-refractivity contribution in [2.75, 3.05) is 12.4 Å². The van der Waals surface area contributed by atoms with Crippen molar-refractivity contribution in [3.63, 3.8) is 0 Å². The molecule has 9 heteroatoms. The van der Waals surface area contributed by atoms with Crippen molar-refractivity contribution in [3.8, 4) is 5.75 Å². The van der Waals surface area contributed by atoms with Crippen LogP contribution in [0.2, 0.25) is 5.02 Å². The van der Waals surface area contributed by atoms with Crippen molar-refractivity contribution in [1.82, 2.24) is 4.90 Å². The topological polar surface area (TPSA) is 84.7 Å². The van der Waals surface area contributed by atoms with Crippen LogP contribution in [0.25, 0.3) is 0 Å². The summed E-state index contributed by atoms with van der Waals surface area (Å²) in [6, 6.07) is 14.4. The molecule has 38 heavy (non-hydrogen) atoms. The summed E-state index contributed by atoms with van der Waals surface area (Å²) in [7, 11) is 1.58. The van der Waals surface area contributed by atoms with E-state index in [1.165, 1.54) is 0 Å². The summed E-state index contributed by atoms with van der Waals surface area (Å²) in [5.74, 6) is -1.72. The lowest BCUT2D eigenvalue weighted by atomic mass is 9.89. The van der Waals surface area contributed by atoms with E-state index < -0.39 is 17.5 Å². The minimum absolute atomic E-state index is 0.0658. The fraction of sp³-hybridized carbons (Fsp3) is 0.310. The van der Waals surface area contributed by atoms with Gasteiger partial charge in [-0.15, -0.1) is 0 Å².